The van der Waals surface area contributed by atoms with Gasteiger partial charge >= 0.3 is 0 Å². The predicted octanol–water partition coefficient (Wildman–Crippen LogP) is 2.20. The number of hydrogen-bond donors (Lipinski definition) is 1. The molecule has 2 rings (SSSR count). The van der Waals surface area contributed by atoms with Crippen molar-refractivity contribution in [1.29, 1.82) is 0 Å². The standard InChI is InChI=1S/C11H12FN/c12-11-4-2-1-3-10(11)7-9-5-6-13-8-9/h1-4,7,13H,5-6,8H2/b9-7+. The van der Waals surface area contributed by atoms with E-state index in [4.69, 9.17) is 0 Å². The third kappa shape index (κ3) is 1.95. The van der Waals surface area contributed by atoms with E-state index in [2.05, 4.69) is 5.32 Å². The van der Waals surface area contributed by atoms with Gasteiger partial charge in [-0.1, -0.05) is 29.8 Å². The van der Waals surface area contributed by atoms with Crippen molar-refractivity contribution in [1.82, 2.24) is 5.32 Å². The van der Waals surface area contributed by atoms with Gasteiger partial charge in [0.15, 0.2) is 0 Å². The van der Waals surface area contributed by atoms with Gasteiger partial charge in [0.2, 0.25) is 0 Å². The lowest BCUT2D eigenvalue weighted by molar-refractivity contribution is 0.625. The highest BCUT2D eigenvalue weighted by molar-refractivity contribution is 5.54. The first-order chi connectivity index (χ1) is 6.36. The molecule has 0 aromatic heterocycles. The fourth-order valence-corrected chi connectivity index (χ4v) is 1.52. The molecule has 1 aromatic carbocycles. The number of hydrogen-bond acceptors (Lipinski definition) is 1. The van der Waals surface area contributed by atoms with Crippen LogP contribution in [0.15, 0.2) is 29.8 Å². The van der Waals surface area contributed by atoms with Crippen molar-refractivity contribution in [2.45, 2.75) is 6.42 Å². The van der Waals surface area contributed by atoms with E-state index < -0.39 is 0 Å². The van der Waals surface area contributed by atoms with Gasteiger partial charge in [-0.2, -0.15) is 0 Å². The lowest BCUT2D eigenvalue weighted by Crippen LogP contribution is -2.04. The van der Waals surface area contributed by atoms with Crippen molar-refractivity contribution in [3.63, 3.8) is 0 Å². The average Bonchev–Trinajstić information content (AvgIpc) is 2.61. The van der Waals surface area contributed by atoms with Gasteiger partial charge in [-0.05, 0) is 19.0 Å². The van der Waals surface area contributed by atoms with Crippen LogP contribution in [-0.2, 0) is 0 Å². The topological polar surface area (TPSA) is 12.0 Å². The van der Waals surface area contributed by atoms with E-state index in [1.807, 2.05) is 12.1 Å². The molecule has 0 atom stereocenters. The Morgan fingerprint density at radius 3 is 2.85 bits per heavy atom. The maximum absolute atomic E-state index is 13.2. The number of rotatable bonds is 1. The molecule has 13 heavy (non-hydrogen) atoms. The van der Waals surface area contributed by atoms with Gasteiger partial charge in [0, 0.05) is 12.1 Å². The van der Waals surface area contributed by atoms with E-state index in [-0.39, 0.29) is 5.82 Å². The Kier molecular flexibility index (Phi) is 2.41. The third-order valence-corrected chi connectivity index (χ3v) is 2.24. The molecule has 0 saturated carbocycles. The number of halogens is 1. The fraction of sp³-hybridized carbons (Fsp3) is 0.273. The zero-order valence-electron chi connectivity index (χ0n) is 7.39. The van der Waals surface area contributed by atoms with Gasteiger partial charge < -0.3 is 5.32 Å². The molecule has 1 fully saturated rings. The van der Waals surface area contributed by atoms with Crippen molar-refractivity contribution in [2.75, 3.05) is 13.1 Å². The van der Waals surface area contributed by atoms with Crippen LogP contribution in [0.1, 0.15) is 12.0 Å². The SMILES string of the molecule is Fc1ccccc1/C=C1\CCNC1. The number of nitrogens with one attached hydrogen (secondary N) is 1. The minimum absolute atomic E-state index is 0.137. The average molecular weight is 177 g/mol. The molecule has 68 valence electrons. The highest BCUT2D eigenvalue weighted by Gasteiger charge is 2.06. The molecular formula is C11H12FN. The Morgan fingerprint density at radius 1 is 1.31 bits per heavy atom. The molecule has 1 nitrogen and oxygen atoms in total. The lowest BCUT2D eigenvalue weighted by atomic mass is 10.1. The predicted molar refractivity (Wildman–Crippen MR) is 51.9 cm³/mol. The minimum atomic E-state index is -0.137. The fourth-order valence-electron chi connectivity index (χ4n) is 1.52. The molecule has 1 aromatic rings. The normalized spacial score (nSPS) is 19.6. The first-order valence-corrected chi connectivity index (χ1v) is 4.51. The molecule has 1 aliphatic rings. The van der Waals surface area contributed by atoms with Gasteiger partial charge in [-0.3, -0.25) is 0 Å². The van der Waals surface area contributed by atoms with Gasteiger partial charge in [-0.25, -0.2) is 4.39 Å². The van der Waals surface area contributed by atoms with Crippen LogP contribution < -0.4 is 5.32 Å². The van der Waals surface area contributed by atoms with Crippen LogP contribution in [0.25, 0.3) is 6.08 Å². The van der Waals surface area contributed by atoms with Crippen LogP contribution in [0, 0.1) is 5.82 Å². The first kappa shape index (κ1) is 8.45. The highest BCUT2D eigenvalue weighted by atomic mass is 19.1. The van der Waals surface area contributed by atoms with Crippen molar-refractivity contribution >= 4 is 6.08 Å². The summed E-state index contributed by atoms with van der Waals surface area (Å²) >= 11 is 0. The molecule has 1 aliphatic heterocycles. The van der Waals surface area contributed by atoms with Gasteiger partial charge in [0.25, 0.3) is 0 Å². The van der Waals surface area contributed by atoms with E-state index >= 15 is 0 Å². The van der Waals surface area contributed by atoms with Crippen LogP contribution in [0.5, 0.6) is 0 Å². The summed E-state index contributed by atoms with van der Waals surface area (Å²) < 4.78 is 13.2. The summed E-state index contributed by atoms with van der Waals surface area (Å²) in [5, 5.41) is 3.22. The summed E-state index contributed by atoms with van der Waals surface area (Å²) in [4.78, 5) is 0. The van der Waals surface area contributed by atoms with Crippen molar-refractivity contribution < 1.29 is 4.39 Å². The molecule has 0 radical (unpaired) electrons. The summed E-state index contributed by atoms with van der Waals surface area (Å²) in [5.41, 5.74) is 1.98. The monoisotopic (exact) mass is 177 g/mol. The quantitative estimate of drug-likeness (QED) is 0.693. The third-order valence-electron chi connectivity index (χ3n) is 2.24. The molecule has 1 heterocycles. The Labute approximate surface area is 77.3 Å². The second kappa shape index (κ2) is 3.71. The Hall–Kier alpha value is -1.15. The van der Waals surface area contributed by atoms with E-state index in [1.54, 1.807) is 12.1 Å². The van der Waals surface area contributed by atoms with Crippen LogP contribution in [0.3, 0.4) is 0 Å². The van der Waals surface area contributed by atoms with Crippen molar-refractivity contribution in [3.8, 4) is 0 Å². The number of benzene rings is 1. The lowest BCUT2D eigenvalue weighted by Gasteiger charge is -1.97. The molecule has 1 N–H and O–H groups in total. The summed E-state index contributed by atoms with van der Waals surface area (Å²) in [6.45, 7) is 1.91. The Morgan fingerprint density at radius 2 is 2.15 bits per heavy atom. The van der Waals surface area contributed by atoms with E-state index in [1.165, 1.54) is 11.6 Å². The van der Waals surface area contributed by atoms with Crippen LogP contribution in [-0.4, -0.2) is 13.1 Å². The Balaban J connectivity index is 2.25. The largest absolute Gasteiger partial charge is 0.313 e. The van der Waals surface area contributed by atoms with Crippen molar-refractivity contribution in [2.24, 2.45) is 0 Å². The van der Waals surface area contributed by atoms with E-state index in [9.17, 15) is 4.39 Å². The van der Waals surface area contributed by atoms with Crippen LogP contribution in [0.2, 0.25) is 0 Å². The van der Waals surface area contributed by atoms with Crippen LogP contribution >= 0.6 is 0 Å². The zero-order chi connectivity index (χ0) is 9.10. The van der Waals surface area contributed by atoms with Gasteiger partial charge in [0.1, 0.15) is 5.82 Å². The molecule has 0 aliphatic carbocycles. The zero-order valence-corrected chi connectivity index (χ0v) is 7.39. The minimum Gasteiger partial charge on any atom is -0.313 e. The van der Waals surface area contributed by atoms with Gasteiger partial charge in [-0.15, -0.1) is 0 Å². The molecular weight excluding hydrogens is 165 g/mol. The summed E-state index contributed by atoms with van der Waals surface area (Å²) in [5.74, 6) is -0.137. The first-order valence-electron chi connectivity index (χ1n) is 4.51. The molecule has 0 unspecified atom stereocenters. The second-order valence-corrected chi connectivity index (χ2v) is 3.25. The second-order valence-electron chi connectivity index (χ2n) is 3.25. The van der Waals surface area contributed by atoms with E-state index in [0.29, 0.717) is 5.56 Å². The molecule has 1 saturated heterocycles. The summed E-state index contributed by atoms with van der Waals surface area (Å²) in [6, 6.07) is 6.87. The van der Waals surface area contributed by atoms with E-state index in [0.717, 1.165) is 19.5 Å². The Bertz CT molecular complexity index is 323. The summed E-state index contributed by atoms with van der Waals surface area (Å²) in [7, 11) is 0. The maximum atomic E-state index is 13.2. The molecule has 2 heteroatoms. The smallest absolute Gasteiger partial charge is 0.130 e. The maximum Gasteiger partial charge on any atom is 0.130 e. The van der Waals surface area contributed by atoms with Crippen LogP contribution in [0.4, 0.5) is 4.39 Å². The van der Waals surface area contributed by atoms with Gasteiger partial charge in [0.05, 0.1) is 0 Å². The van der Waals surface area contributed by atoms with Crippen molar-refractivity contribution in [3.05, 3.63) is 41.2 Å². The highest BCUT2D eigenvalue weighted by Crippen LogP contribution is 2.14. The molecule has 0 amide bonds. The molecule has 0 bridgehead atoms. The molecule has 0 spiro atoms. The summed E-state index contributed by atoms with van der Waals surface area (Å²) in [6.07, 6.45) is 2.98.